The minimum absolute atomic E-state index is 0.0445. The van der Waals surface area contributed by atoms with Crippen LogP contribution in [0, 0.1) is 6.92 Å². The lowest BCUT2D eigenvalue weighted by atomic mass is 10.0. The number of nitrogens with one attached hydrogen (secondary N) is 1. The van der Waals surface area contributed by atoms with Gasteiger partial charge in [0.2, 0.25) is 0 Å². The first-order valence-corrected chi connectivity index (χ1v) is 12.4. The SMILES string of the molecule is C[N-]Cc1cc(C(F)(F)F)cc(C(F)(F)F)c1.C[NH-].Cc1ccccc1-c1cnc(OCCCN(C)C)nc1C(=O)O. The van der Waals surface area contributed by atoms with Crippen LogP contribution in [-0.2, 0) is 18.9 Å². The Labute approximate surface area is 240 Å². The number of ether oxygens (including phenoxy) is 1. The summed E-state index contributed by atoms with van der Waals surface area (Å²) in [6, 6.07) is 9.08. The van der Waals surface area contributed by atoms with Crippen molar-refractivity contribution in [1.29, 1.82) is 0 Å². The molecule has 0 atom stereocenters. The summed E-state index contributed by atoms with van der Waals surface area (Å²) in [5, 5.41) is 13.0. The van der Waals surface area contributed by atoms with Gasteiger partial charge in [0.05, 0.1) is 17.7 Å². The smallest absolute Gasteiger partial charge is 0.416 e. The zero-order valence-electron chi connectivity index (χ0n) is 23.8. The molecular weight excluding hydrogens is 568 g/mol. The van der Waals surface area contributed by atoms with E-state index in [0.29, 0.717) is 24.3 Å². The predicted molar refractivity (Wildman–Crippen MR) is 148 cm³/mol. The molecule has 0 unspecified atom stereocenters. The Morgan fingerprint density at radius 2 is 1.57 bits per heavy atom. The molecule has 0 amide bonds. The summed E-state index contributed by atoms with van der Waals surface area (Å²) in [7, 11) is 6.53. The molecule has 2 aromatic carbocycles. The van der Waals surface area contributed by atoms with Crippen LogP contribution in [0.1, 0.15) is 39.2 Å². The lowest BCUT2D eigenvalue weighted by Gasteiger charge is -2.17. The number of rotatable bonds is 9. The minimum Gasteiger partial charge on any atom is -0.680 e. The van der Waals surface area contributed by atoms with E-state index in [1.54, 1.807) is 0 Å². The number of hydrogen-bond acceptors (Lipinski definition) is 5. The number of carboxylic acids is 1. The van der Waals surface area contributed by atoms with Gasteiger partial charge in [0.15, 0.2) is 5.69 Å². The highest BCUT2D eigenvalue weighted by molar-refractivity contribution is 5.94. The molecule has 232 valence electrons. The summed E-state index contributed by atoms with van der Waals surface area (Å²) in [6.45, 7) is 3.06. The van der Waals surface area contributed by atoms with Gasteiger partial charge in [-0.15, -0.1) is 6.54 Å². The molecule has 0 fully saturated rings. The molecule has 0 saturated heterocycles. The number of carbonyl (C=O) groups is 1. The average molecular weight is 602 g/mol. The van der Waals surface area contributed by atoms with E-state index >= 15 is 0 Å². The van der Waals surface area contributed by atoms with Crippen LogP contribution in [0.4, 0.5) is 26.3 Å². The number of hydrogen-bond donors (Lipinski definition) is 1. The Morgan fingerprint density at radius 3 is 2.05 bits per heavy atom. The molecule has 0 saturated carbocycles. The maximum Gasteiger partial charge on any atom is 0.416 e. The fraction of sp³-hybridized carbons (Fsp3) is 0.393. The summed E-state index contributed by atoms with van der Waals surface area (Å²) >= 11 is 0. The molecule has 0 spiro atoms. The third-order valence-corrected chi connectivity index (χ3v) is 5.37. The molecule has 14 heteroatoms. The Bertz CT molecular complexity index is 1250. The van der Waals surface area contributed by atoms with Crippen molar-refractivity contribution < 1.29 is 41.0 Å². The second-order valence-electron chi connectivity index (χ2n) is 8.93. The van der Waals surface area contributed by atoms with Crippen LogP contribution in [0.25, 0.3) is 22.2 Å². The van der Waals surface area contributed by atoms with Gasteiger partial charge in [0, 0.05) is 18.3 Å². The van der Waals surface area contributed by atoms with E-state index in [4.69, 9.17) is 10.5 Å². The van der Waals surface area contributed by atoms with Gasteiger partial charge in [-0.3, -0.25) is 0 Å². The average Bonchev–Trinajstić information content (AvgIpc) is 2.92. The van der Waals surface area contributed by atoms with Crippen LogP contribution in [-0.4, -0.2) is 67.3 Å². The number of halogens is 6. The highest BCUT2D eigenvalue weighted by atomic mass is 19.4. The Balaban J connectivity index is 0.000000413. The molecule has 2 N–H and O–H groups in total. The first kappa shape index (κ1) is 36.3. The molecule has 0 radical (unpaired) electrons. The van der Waals surface area contributed by atoms with Gasteiger partial charge in [0.1, 0.15) is 0 Å². The van der Waals surface area contributed by atoms with E-state index in [-0.39, 0.29) is 29.9 Å². The Kier molecular flexibility index (Phi) is 14.4. The van der Waals surface area contributed by atoms with E-state index < -0.39 is 29.4 Å². The van der Waals surface area contributed by atoms with Crippen molar-refractivity contribution in [2.75, 3.05) is 41.3 Å². The van der Waals surface area contributed by atoms with E-state index in [0.717, 1.165) is 24.1 Å². The topological polar surface area (TPSA) is 113 Å². The van der Waals surface area contributed by atoms with Crippen LogP contribution in [0.15, 0.2) is 48.7 Å². The second-order valence-corrected chi connectivity index (χ2v) is 8.93. The Morgan fingerprint density at radius 1 is 1.00 bits per heavy atom. The van der Waals surface area contributed by atoms with Gasteiger partial charge in [0.25, 0.3) is 0 Å². The summed E-state index contributed by atoms with van der Waals surface area (Å²) < 4.78 is 79.7. The van der Waals surface area contributed by atoms with Crippen molar-refractivity contribution >= 4 is 5.97 Å². The molecule has 1 heterocycles. The van der Waals surface area contributed by atoms with Gasteiger partial charge in [-0.2, -0.15) is 45.4 Å². The van der Waals surface area contributed by atoms with Crippen LogP contribution < -0.4 is 4.74 Å². The van der Waals surface area contributed by atoms with Crippen LogP contribution in [0.2, 0.25) is 0 Å². The zero-order chi connectivity index (χ0) is 32.1. The van der Waals surface area contributed by atoms with Crippen LogP contribution in [0.5, 0.6) is 6.01 Å². The molecule has 0 bridgehead atoms. The number of nitrogens with zero attached hydrogens (tertiary/aromatic N) is 4. The summed E-state index contributed by atoms with van der Waals surface area (Å²) in [5.41, 5.74) is 5.24. The summed E-state index contributed by atoms with van der Waals surface area (Å²) in [4.78, 5) is 21.8. The molecule has 0 aliphatic heterocycles. The van der Waals surface area contributed by atoms with Crippen molar-refractivity contribution in [2.45, 2.75) is 32.2 Å². The molecule has 42 heavy (non-hydrogen) atoms. The number of aromatic nitrogens is 2. The summed E-state index contributed by atoms with van der Waals surface area (Å²) in [5.74, 6) is -1.09. The van der Waals surface area contributed by atoms with Gasteiger partial charge in [-0.25, -0.2) is 9.78 Å². The number of aromatic carboxylic acids is 1. The van der Waals surface area contributed by atoms with Crippen molar-refractivity contribution in [3.8, 4) is 17.1 Å². The standard InChI is InChI=1S/C17H21N3O3.C10H8F6N.CH4N/c1-12-7-4-5-8-13(12)14-11-18-17(19-15(14)16(21)22)23-10-6-9-20(2)3;1-17-5-6-2-7(9(11,12)13)4-8(3-6)10(14,15)16;1-2/h4-5,7-8,11H,6,9-10H2,1-3H3,(H,21,22);2-4H,5H2,1H3;2H,1H3/q;2*-1. The van der Waals surface area contributed by atoms with Crippen LogP contribution >= 0.6 is 0 Å². The quantitative estimate of drug-likeness (QED) is 0.202. The Hall–Kier alpha value is -3.75. The van der Waals surface area contributed by atoms with E-state index in [1.165, 1.54) is 20.3 Å². The third kappa shape index (κ3) is 11.6. The first-order valence-electron chi connectivity index (χ1n) is 12.4. The molecular formula is C28H33F6N5O3-2. The normalized spacial score (nSPS) is 11.3. The molecule has 8 nitrogen and oxygen atoms in total. The lowest BCUT2D eigenvalue weighted by molar-refractivity contribution is -0.143. The highest BCUT2D eigenvalue weighted by Gasteiger charge is 2.36. The third-order valence-electron chi connectivity index (χ3n) is 5.37. The molecule has 3 aromatic rings. The monoisotopic (exact) mass is 601 g/mol. The number of benzene rings is 2. The molecule has 0 aliphatic carbocycles. The van der Waals surface area contributed by atoms with Gasteiger partial charge >= 0.3 is 24.3 Å². The maximum absolute atomic E-state index is 12.4. The van der Waals surface area contributed by atoms with Gasteiger partial charge in [-0.1, -0.05) is 29.8 Å². The number of alkyl halides is 6. The van der Waals surface area contributed by atoms with Gasteiger partial charge < -0.3 is 25.8 Å². The molecule has 1 aromatic heterocycles. The van der Waals surface area contributed by atoms with E-state index in [9.17, 15) is 36.2 Å². The minimum atomic E-state index is -4.80. The summed E-state index contributed by atoms with van der Waals surface area (Å²) in [6.07, 6.45) is -7.27. The van der Waals surface area contributed by atoms with Crippen molar-refractivity contribution in [3.05, 3.63) is 87.7 Å². The first-order chi connectivity index (χ1) is 19.6. The molecule has 3 rings (SSSR count). The second kappa shape index (κ2) is 16.6. The highest BCUT2D eigenvalue weighted by Crippen LogP contribution is 2.36. The van der Waals surface area contributed by atoms with E-state index in [2.05, 4.69) is 15.3 Å². The van der Waals surface area contributed by atoms with Crippen molar-refractivity contribution in [2.24, 2.45) is 0 Å². The van der Waals surface area contributed by atoms with Crippen molar-refractivity contribution in [3.63, 3.8) is 0 Å². The fourth-order valence-corrected chi connectivity index (χ4v) is 3.51. The molecule has 0 aliphatic rings. The predicted octanol–water partition coefficient (Wildman–Crippen LogP) is 7.38. The fourth-order valence-electron chi connectivity index (χ4n) is 3.51. The zero-order valence-corrected chi connectivity index (χ0v) is 23.8. The lowest BCUT2D eigenvalue weighted by Crippen LogP contribution is -2.16. The van der Waals surface area contributed by atoms with Crippen molar-refractivity contribution in [1.82, 2.24) is 14.9 Å². The number of aryl methyl sites for hydroxylation is 1. The largest absolute Gasteiger partial charge is 0.680 e. The number of carboxylic acid groups (broad SMARTS) is 1. The van der Waals surface area contributed by atoms with Crippen LogP contribution in [0.3, 0.4) is 0 Å². The maximum atomic E-state index is 12.4. The van der Waals surface area contributed by atoms with E-state index in [1.807, 2.05) is 50.2 Å². The van der Waals surface area contributed by atoms with Gasteiger partial charge in [-0.05, 0) is 56.8 Å².